The molecule has 0 aliphatic rings. The van der Waals surface area contributed by atoms with Gasteiger partial charge < -0.3 is 4.98 Å². The summed E-state index contributed by atoms with van der Waals surface area (Å²) < 4.78 is 39.8. The number of halogens is 3. The standard InChI is InChI=1S/C21H13F3N6O/c22-21(23,24)12-5-6-15-16(9-18-27-29-30-28-18)20(26-17(15)8-12)19-14-4-2-1-3-11(14)7-13(10-31)25-19/h1-8,10,26H,9H2,(H,27,28,29,30). The van der Waals surface area contributed by atoms with Crippen molar-refractivity contribution in [2.75, 3.05) is 0 Å². The molecule has 0 unspecified atom stereocenters. The minimum atomic E-state index is -4.48. The van der Waals surface area contributed by atoms with E-state index in [-0.39, 0.29) is 12.1 Å². The molecule has 10 heteroatoms. The number of pyridine rings is 1. The van der Waals surface area contributed by atoms with Crippen LogP contribution in [0.4, 0.5) is 13.2 Å². The number of hydrogen-bond acceptors (Lipinski definition) is 5. The van der Waals surface area contributed by atoms with Crippen molar-refractivity contribution in [3.8, 4) is 11.4 Å². The number of benzene rings is 2. The number of aromatic amines is 2. The highest BCUT2D eigenvalue weighted by Gasteiger charge is 2.31. The van der Waals surface area contributed by atoms with Crippen molar-refractivity contribution in [1.29, 1.82) is 0 Å². The Hall–Kier alpha value is -4.08. The van der Waals surface area contributed by atoms with Gasteiger partial charge >= 0.3 is 6.18 Å². The van der Waals surface area contributed by atoms with E-state index in [0.717, 1.165) is 22.9 Å². The number of rotatable bonds is 4. The summed E-state index contributed by atoms with van der Waals surface area (Å²) in [6.07, 6.45) is -3.60. The van der Waals surface area contributed by atoms with Gasteiger partial charge in [0, 0.05) is 22.7 Å². The molecule has 0 aliphatic heterocycles. The van der Waals surface area contributed by atoms with E-state index in [1.807, 2.05) is 24.3 Å². The van der Waals surface area contributed by atoms with Crippen molar-refractivity contribution in [3.05, 3.63) is 71.2 Å². The molecule has 3 aromatic heterocycles. The molecule has 0 saturated carbocycles. The van der Waals surface area contributed by atoms with Crippen molar-refractivity contribution in [1.82, 2.24) is 30.6 Å². The van der Waals surface area contributed by atoms with Gasteiger partial charge in [-0.05, 0) is 39.6 Å². The number of carbonyl (C=O) groups is 1. The van der Waals surface area contributed by atoms with E-state index in [1.54, 1.807) is 6.07 Å². The van der Waals surface area contributed by atoms with Crippen LogP contribution >= 0.6 is 0 Å². The topological polar surface area (TPSA) is 100 Å². The van der Waals surface area contributed by atoms with Gasteiger partial charge in [-0.15, -0.1) is 5.10 Å². The van der Waals surface area contributed by atoms with Crippen LogP contribution in [0.25, 0.3) is 33.1 Å². The Labute approximate surface area is 172 Å². The van der Waals surface area contributed by atoms with Crippen molar-refractivity contribution < 1.29 is 18.0 Å². The summed E-state index contributed by atoms with van der Waals surface area (Å²) in [5.41, 5.74) is 1.39. The Morgan fingerprint density at radius 2 is 1.87 bits per heavy atom. The fourth-order valence-electron chi connectivity index (χ4n) is 3.71. The molecule has 31 heavy (non-hydrogen) atoms. The predicted molar refractivity (Wildman–Crippen MR) is 106 cm³/mol. The molecule has 0 saturated heterocycles. The molecule has 0 atom stereocenters. The third-order valence-corrected chi connectivity index (χ3v) is 5.08. The molecule has 5 rings (SSSR count). The van der Waals surface area contributed by atoms with Gasteiger partial charge in [0.15, 0.2) is 12.1 Å². The maximum absolute atomic E-state index is 13.3. The second-order valence-electron chi connectivity index (χ2n) is 7.00. The largest absolute Gasteiger partial charge is 0.416 e. The Kier molecular flexibility index (Phi) is 4.28. The minimum absolute atomic E-state index is 0.218. The third kappa shape index (κ3) is 3.31. The fourth-order valence-corrected chi connectivity index (χ4v) is 3.71. The molecule has 0 amide bonds. The number of carbonyl (C=O) groups excluding carboxylic acids is 1. The first-order valence-electron chi connectivity index (χ1n) is 9.24. The van der Waals surface area contributed by atoms with Crippen LogP contribution in [0.5, 0.6) is 0 Å². The first-order chi connectivity index (χ1) is 14.9. The van der Waals surface area contributed by atoms with E-state index in [4.69, 9.17) is 0 Å². The Morgan fingerprint density at radius 1 is 1.03 bits per heavy atom. The summed E-state index contributed by atoms with van der Waals surface area (Å²) in [5, 5.41) is 15.8. The van der Waals surface area contributed by atoms with E-state index in [9.17, 15) is 18.0 Å². The van der Waals surface area contributed by atoms with Crippen LogP contribution in [0.3, 0.4) is 0 Å². The summed E-state index contributed by atoms with van der Waals surface area (Å²) >= 11 is 0. The van der Waals surface area contributed by atoms with Gasteiger partial charge in [0.2, 0.25) is 0 Å². The first kappa shape index (κ1) is 18.9. The lowest BCUT2D eigenvalue weighted by Gasteiger charge is -2.08. The molecule has 154 valence electrons. The maximum atomic E-state index is 13.3. The Morgan fingerprint density at radius 3 is 2.61 bits per heavy atom. The minimum Gasteiger partial charge on any atom is -0.353 e. The molecule has 3 heterocycles. The fraction of sp³-hybridized carbons (Fsp3) is 0.0952. The smallest absolute Gasteiger partial charge is 0.353 e. The second-order valence-corrected chi connectivity index (χ2v) is 7.00. The number of alkyl halides is 3. The van der Waals surface area contributed by atoms with Gasteiger partial charge in [0.05, 0.1) is 17.0 Å². The average Bonchev–Trinajstić information content (AvgIpc) is 3.40. The first-order valence-corrected chi connectivity index (χ1v) is 9.24. The van der Waals surface area contributed by atoms with Crippen molar-refractivity contribution in [2.45, 2.75) is 12.6 Å². The monoisotopic (exact) mass is 422 g/mol. The number of hydrogen-bond donors (Lipinski definition) is 2. The highest BCUT2D eigenvalue weighted by molar-refractivity contribution is 6.01. The van der Waals surface area contributed by atoms with Gasteiger partial charge in [-0.2, -0.15) is 13.2 Å². The highest BCUT2D eigenvalue weighted by atomic mass is 19.4. The van der Waals surface area contributed by atoms with Gasteiger partial charge in [-0.3, -0.25) is 4.79 Å². The van der Waals surface area contributed by atoms with Crippen LogP contribution in [0.15, 0.2) is 48.5 Å². The van der Waals surface area contributed by atoms with Gasteiger partial charge in [0.25, 0.3) is 0 Å². The van der Waals surface area contributed by atoms with Gasteiger partial charge in [-0.25, -0.2) is 10.1 Å². The lowest BCUT2D eigenvalue weighted by molar-refractivity contribution is -0.137. The number of aromatic nitrogens is 6. The zero-order valence-corrected chi connectivity index (χ0v) is 15.7. The summed E-state index contributed by atoms with van der Waals surface area (Å²) in [5.74, 6) is 0.442. The number of H-pyrrole nitrogens is 2. The van der Waals surface area contributed by atoms with Crippen LogP contribution in [0.2, 0.25) is 0 Å². The molecule has 2 N–H and O–H groups in total. The summed E-state index contributed by atoms with van der Waals surface area (Å²) in [6.45, 7) is 0. The number of tetrazole rings is 1. The number of fused-ring (bicyclic) bond motifs is 2. The van der Waals surface area contributed by atoms with Crippen molar-refractivity contribution in [3.63, 3.8) is 0 Å². The maximum Gasteiger partial charge on any atom is 0.416 e. The molecular formula is C21H13F3N6O. The quantitative estimate of drug-likeness (QED) is 0.420. The molecular weight excluding hydrogens is 409 g/mol. The summed E-state index contributed by atoms with van der Waals surface area (Å²) in [6, 6.07) is 12.5. The number of nitrogens with one attached hydrogen (secondary N) is 2. The van der Waals surface area contributed by atoms with E-state index in [1.165, 1.54) is 6.07 Å². The predicted octanol–water partition coefficient (Wildman–Crippen LogP) is 4.32. The third-order valence-electron chi connectivity index (χ3n) is 5.08. The van der Waals surface area contributed by atoms with Crippen LogP contribution in [0, 0.1) is 0 Å². The molecule has 7 nitrogen and oxygen atoms in total. The van der Waals surface area contributed by atoms with E-state index < -0.39 is 11.7 Å². The van der Waals surface area contributed by atoms with Crippen LogP contribution < -0.4 is 0 Å². The molecule has 0 bridgehead atoms. The molecule has 0 fully saturated rings. The van der Waals surface area contributed by atoms with Crippen molar-refractivity contribution in [2.24, 2.45) is 0 Å². The Bertz CT molecular complexity index is 1420. The van der Waals surface area contributed by atoms with Gasteiger partial charge in [0.1, 0.15) is 5.69 Å². The zero-order chi connectivity index (χ0) is 21.6. The molecule has 0 radical (unpaired) electrons. The van der Waals surface area contributed by atoms with Crippen LogP contribution in [0.1, 0.15) is 27.4 Å². The molecule has 0 aliphatic carbocycles. The van der Waals surface area contributed by atoms with Crippen LogP contribution in [-0.2, 0) is 12.6 Å². The van der Waals surface area contributed by atoms with Crippen LogP contribution in [-0.4, -0.2) is 36.9 Å². The van der Waals surface area contributed by atoms with Crippen molar-refractivity contribution >= 4 is 28.0 Å². The lowest BCUT2D eigenvalue weighted by atomic mass is 10.0. The average molecular weight is 422 g/mol. The molecule has 2 aromatic carbocycles. The zero-order valence-electron chi connectivity index (χ0n) is 15.7. The molecule has 5 aromatic rings. The summed E-state index contributed by atoms with van der Waals surface area (Å²) in [4.78, 5) is 19.0. The van der Waals surface area contributed by atoms with E-state index in [0.29, 0.717) is 40.0 Å². The lowest BCUT2D eigenvalue weighted by Crippen LogP contribution is -2.04. The highest BCUT2D eigenvalue weighted by Crippen LogP contribution is 2.37. The van der Waals surface area contributed by atoms with E-state index in [2.05, 4.69) is 30.6 Å². The Balaban J connectivity index is 1.82. The van der Waals surface area contributed by atoms with E-state index >= 15 is 0 Å². The number of nitrogens with zero attached hydrogens (tertiary/aromatic N) is 4. The molecule has 0 spiro atoms. The summed E-state index contributed by atoms with van der Waals surface area (Å²) in [7, 11) is 0. The second kappa shape index (κ2) is 7.01. The SMILES string of the molecule is O=Cc1cc2ccccc2c(-c2[nH]c3cc(C(F)(F)F)ccc3c2Cc2nnn[nH]2)n1. The van der Waals surface area contributed by atoms with Gasteiger partial charge in [-0.1, -0.05) is 30.3 Å². The number of aldehydes is 1. The normalized spacial score (nSPS) is 12.0.